The zero-order valence-corrected chi connectivity index (χ0v) is 19.8. The van der Waals surface area contributed by atoms with E-state index in [-0.39, 0.29) is 0 Å². The second-order valence-electron chi connectivity index (χ2n) is 9.03. The number of hydrogen-bond donors (Lipinski definition) is 1. The zero-order valence-electron chi connectivity index (χ0n) is 19.8. The van der Waals surface area contributed by atoms with E-state index >= 15 is 0 Å². The van der Waals surface area contributed by atoms with Gasteiger partial charge in [-0.25, -0.2) is 9.97 Å². The predicted octanol–water partition coefficient (Wildman–Crippen LogP) is 3.98. The molecule has 0 atom stereocenters. The van der Waals surface area contributed by atoms with Crippen LogP contribution in [0.3, 0.4) is 0 Å². The van der Waals surface area contributed by atoms with Crippen molar-refractivity contribution in [1.82, 2.24) is 9.97 Å². The number of morpholine rings is 1. The lowest BCUT2D eigenvalue weighted by Crippen LogP contribution is -2.36. The van der Waals surface area contributed by atoms with Gasteiger partial charge in [0.05, 0.1) is 30.2 Å². The average molecular weight is 455 g/mol. The molecule has 0 unspecified atom stereocenters. The number of aryl methyl sites for hydroxylation is 2. The number of rotatable bonds is 5. The molecular weight excluding hydrogens is 424 g/mol. The number of benzene rings is 2. The molecule has 1 N–H and O–H groups in total. The van der Waals surface area contributed by atoms with Crippen LogP contribution in [-0.4, -0.2) is 42.8 Å². The summed E-state index contributed by atoms with van der Waals surface area (Å²) in [7, 11) is 0. The summed E-state index contributed by atoms with van der Waals surface area (Å²) in [5.74, 6) is 0.869. The third-order valence-electron chi connectivity index (χ3n) is 6.70. The first-order valence-corrected chi connectivity index (χ1v) is 11.9. The van der Waals surface area contributed by atoms with Crippen molar-refractivity contribution in [3.05, 3.63) is 76.2 Å². The third kappa shape index (κ3) is 4.55. The molecule has 3 heterocycles. The Morgan fingerprint density at radius 2 is 1.85 bits per heavy atom. The molecular formula is C27H30N6O. The average Bonchev–Trinajstić information content (AvgIpc) is 2.88. The Morgan fingerprint density at radius 1 is 1.00 bits per heavy atom. The number of anilines is 3. The van der Waals surface area contributed by atoms with Gasteiger partial charge in [0.2, 0.25) is 0 Å². The van der Waals surface area contributed by atoms with Gasteiger partial charge in [-0.1, -0.05) is 18.2 Å². The fraction of sp³-hybridized carbons (Fsp3) is 0.370. The van der Waals surface area contributed by atoms with E-state index < -0.39 is 0 Å². The summed E-state index contributed by atoms with van der Waals surface area (Å²) in [4.78, 5) is 13.8. The Labute approximate surface area is 201 Å². The molecule has 7 nitrogen and oxygen atoms in total. The second kappa shape index (κ2) is 9.70. The molecule has 2 aromatic carbocycles. The van der Waals surface area contributed by atoms with E-state index in [4.69, 9.17) is 4.74 Å². The van der Waals surface area contributed by atoms with Crippen molar-refractivity contribution in [1.29, 1.82) is 5.26 Å². The number of nitrogens with zero attached hydrogens (tertiary/aromatic N) is 5. The van der Waals surface area contributed by atoms with E-state index in [0.717, 1.165) is 67.6 Å². The minimum atomic E-state index is 0.684. The molecule has 0 saturated carbocycles. The van der Waals surface area contributed by atoms with Crippen molar-refractivity contribution in [2.45, 2.75) is 33.4 Å². The van der Waals surface area contributed by atoms with Crippen LogP contribution in [0.4, 0.5) is 17.2 Å². The van der Waals surface area contributed by atoms with Gasteiger partial charge in [0, 0.05) is 50.4 Å². The zero-order chi connectivity index (χ0) is 23.5. The quantitative estimate of drug-likeness (QED) is 0.625. The summed E-state index contributed by atoms with van der Waals surface area (Å²) >= 11 is 0. The molecule has 174 valence electrons. The summed E-state index contributed by atoms with van der Waals surface area (Å²) in [6.45, 7) is 9.80. The van der Waals surface area contributed by atoms with Gasteiger partial charge >= 0.3 is 0 Å². The van der Waals surface area contributed by atoms with E-state index in [2.05, 4.69) is 68.4 Å². The SMILES string of the molecule is Cc1ccc(N2CCc3ncnc(NCc4ccc(C)c(N5CCOCC5)c4)c3C2)c(C#N)c1. The van der Waals surface area contributed by atoms with Crippen LogP contribution in [0.25, 0.3) is 0 Å². The number of nitriles is 1. The van der Waals surface area contributed by atoms with Crippen molar-refractivity contribution in [3.63, 3.8) is 0 Å². The highest BCUT2D eigenvalue weighted by Gasteiger charge is 2.23. The van der Waals surface area contributed by atoms with Gasteiger partial charge in [0.25, 0.3) is 0 Å². The standard InChI is InChI=1S/C27H30N6O/c1-19-3-6-25(22(13-19)15-28)33-8-7-24-23(17-33)27(31-18-30-24)29-16-21-5-4-20(2)26(14-21)32-9-11-34-12-10-32/h3-6,13-14,18H,7-12,16-17H2,1-2H3,(H,29,30,31). The Balaban J connectivity index is 1.35. The van der Waals surface area contributed by atoms with E-state index in [1.807, 2.05) is 13.0 Å². The number of ether oxygens (including phenoxy) is 1. The number of aromatic nitrogens is 2. The maximum absolute atomic E-state index is 9.65. The van der Waals surface area contributed by atoms with Crippen molar-refractivity contribution in [3.8, 4) is 6.07 Å². The summed E-state index contributed by atoms with van der Waals surface area (Å²) in [5, 5.41) is 13.2. The van der Waals surface area contributed by atoms with Gasteiger partial charge in [0.1, 0.15) is 18.2 Å². The highest BCUT2D eigenvalue weighted by atomic mass is 16.5. The van der Waals surface area contributed by atoms with Gasteiger partial charge < -0.3 is 19.9 Å². The number of nitrogens with one attached hydrogen (secondary N) is 1. The monoisotopic (exact) mass is 454 g/mol. The van der Waals surface area contributed by atoms with Crippen LogP contribution in [0.1, 0.15) is 33.5 Å². The van der Waals surface area contributed by atoms with E-state index in [1.165, 1.54) is 16.8 Å². The lowest BCUT2D eigenvalue weighted by molar-refractivity contribution is 0.122. The fourth-order valence-corrected chi connectivity index (χ4v) is 4.81. The molecule has 7 heteroatoms. The fourth-order valence-electron chi connectivity index (χ4n) is 4.81. The van der Waals surface area contributed by atoms with Crippen LogP contribution in [0.15, 0.2) is 42.7 Å². The molecule has 2 aliphatic heterocycles. The number of hydrogen-bond acceptors (Lipinski definition) is 7. The maximum atomic E-state index is 9.65. The maximum Gasteiger partial charge on any atom is 0.134 e. The highest BCUT2D eigenvalue weighted by Crippen LogP contribution is 2.30. The molecule has 0 amide bonds. The van der Waals surface area contributed by atoms with Gasteiger partial charge in [0.15, 0.2) is 0 Å². The van der Waals surface area contributed by atoms with Crippen molar-refractivity contribution >= 4 is 17.2 Å². The van der Waals surface area contributed by atoms with E-state index in [9.17, 15) is 5.26 Å². The molecule has 0 radical (unpaired) electrons. The summed E-state index contributed by atoms with van der Waals surface area (Å²) in [6.07, 6.45) is 2.48. The van der Waals surface area contributed by atoms with Gasteiger partial charge in [-0.3, -0.25) is 0 Å². The summed E-state index contributed by atoms with van der Waals surface area (Å²) < 4.78 is 5.52. The second-order valence-corrected chi connectivity index (χ2v) is 9.03. The molecule has 3 aromatic rings. The van der Waals surface area contributed by atoms with Gasteiger partial charge in [-0.15, -0.1) is 0 Å². The molecule has 34 heavy (non-hydrogen) atoms. The van der Waals surface area contributed by atoms with Crippen molar-refractivity contribution < 1.29 is 4.74 Å². The smallest absolute Gasteiger partial charge is 0.134 e. The molecule has 0 aliphatic carbocycles. The summed E-state index contributed by atoms with van der Waals surface area (Å²) in [5.41, 5.74) is 8.76. The number of fused-ring (bicyclic) bond motifs is 1. The van der Waals surface area contributed by atoms with Gasteiger partial charge in [-0.05, 0) is 48.7 Å². The topological polar surface area (TPSA) is 77.3 Å². The summed E-state index contributed by atoms with van der Waals surface area (Å²) in [6, 6.07) is 15.1. The molecule has 0 spiro atoms. The largest absolute Gasteiger partial charge is 0.378 e. The van der Waals surface area contributed by atoms with Crippen LogP contribution < -0.4 is 15.1 Å². The van der Waals surface area contributed by atoms with E-state index in [1.54, 1.807) is 6.33 Å². The Kier molecular flexibility index (Phi) is 6.33. The highest BCUT2D eigenvalue weighted by molar-refractivity contribution is 5.63. The minimum absolute atomic E-state index is 0.684. The van der Waals surface area contributed by atoms with Gasteiger partial charge in [-0.2, -0.15) is 5.26 Å². The predicted molar refractivity (Wildman–Crippen MR) is 134 cm³/mol. The Bertz CT molecular complexity index is 1230. The lowest BCUT2D eigenvalue weighted by atomic mass is 10.0. The molecule has 1 aromatic heterocycles. The normalized spacial score (nSPS) is 15.6. The molecule has 2 aliphatic rings. The lowest BCUT2D eigenvalue weighted by Gasteiger charge is -2.32. The van der Waals surface area contributed by atoms with Crippen LogP contribution in [0.2, 0.25) is 0 Å². The minimum Gasteiger partial charge on any atom is -0.378 e. The first-order chi connectivity index (χ1) is 16.6. The molecule has 1 saturated heterocycles. The van der Waals surface area contributed by atoms with Crippen LogP contribution in [0.5, 0.6) is 0 Å². The Hall–Kier alpha value is -3.63. The molecule has 1 fully saturated rings. The first-order valence-electron chi connectivity index (χ1n) is 11.9. The van der Waals surface area contributed by atoms with Crippen molar-refractivity contribution in [2.75, 3.05) is 48.0 Å². The first kappa shape index (κ1) is 22.2. The van der Waals surface area contributed by atoms with Crippen LogP contribution >= 0.6 is 0 Å². The third-order valence-corrected chi connectivity index (χ3v) is 6.70. The molecule has 0 bridgehead atoms. The van der Waals surface area contributed by atoms with E-state index in [0.29, 0.717) is 18.7 Å². The molecule has 5 rings (SSSR count). The Morgan fingerprint density at radius 3 is 2.68 bits per heavy atom. The van der Waals surface area contributed by atoms with Crippen molar-refractivity contribution in [2.24, 2.45) is 0 Å². The van der Waals surface area contributed by atoms with Crippen LogP contribution in [0, 0.1) is 25.2 Å². The van der Waals surface area contributed by atoms with Crippen LogP contribution in [-0.2, 0) is 24.2 Å².